The molecule has 9 heteroatoms. The van der Waals surface area contributed by atoms with E-state index >= 15 is 0 Å². The predicted octanol–water partition coefficient (Wildman–Crippen LogP) is 4.31. The largest absolute Gasteiger partial charge is 0.495 e. The van der Waals surface area contributed by atoms with Gasteiger partial charge in [0, 0.05) is 23.0 Å². The Morgan fingerprint density at radius 1 is 0.914 bits per heavy atom. The highest BCUT2D eigenvalue weighted by Gasteiger charge is 2.16. The number of benzene rings is 3. The average molecular weight is 478 g/mol. The van der Waals surface area contributed by atoms with Gasteiger partial charge in [-0.25, -0.2) is 8.78 Å². The smallest absolute Gasteiger partial charge is 0.257 e. The first-order valence-corrected chi connectivity index (χ1v) is 10.9. The summed E-state index contributed by atoms with van der Waals surface area (Å²) in [5.41, 5.74) is 8.24. The molecule has 4 aromatic rings. The number of hydrogen-bond donors (Lipinski definition) is 4. The molecular weight excluding hydrogens is 454 g/mol. The first-order valence-electron chi connectivity index (χ1n) is 10.9. The summed E-state index contributed by atoms with van der Waals surface area (Å²) in [6.45, 7) is -0.0723. The zero-order valence-corrected chi connectivity index (χ0v) is 19.0. The van der Waals surface area contributed by atoms with Gasteiger partial charge in [0.05, 0.1) is 19.3 Å². The topological polar surface area (TPSA) is 95.2 Å². The van der Waals surface area contributed by atoms with Crippen LogP contribution in [-0.4, -0.2) is 30.5 Å². The molecule has 0 aliphatic heterocycles. The van der Waals surface area contributed by atoms with Crippen molar-refractivity contribution in [2.75, 3.05) is 19.0 Å². The lowest BCUT2D eigenvalue weighted by atomic mass is 10.0. The summed E-state index contributed by atoms with van der Waals surface area (Å²) in [4.78, 5) is 27.8. The highest BCUT2D eigenvalue weighted by atomic mass is 19.1. The van der Waals surface area contributed by atoms with E-state index in [-0.39, 0.29) is 25.2 Å². The van der Waals surface area contributed by atoms with Gasteiger partial charge in [-0.3, -0.25) is 20.4 Å². The quantitative estimate of drug-likeness (QED) is 0.284. The van der Waals surface area contributed by atoms with Crippen molar-refractivity contribution in [3.63, 3.8) is 0 Å². The van der Waals surface area contributed by atoms with Gasteiger partial charge in [-0.15, -0.1) is 0 Å². The lowest BCUT2D eigenvalue weighted by Gasteiger charge is -2.12. The van der Waals surface area contributed by atoms with Crippen molar-refractivity contribution < 1.29 is 23.1 Å². The number of ether oxygens (including phenoxy) is 1. The van der Waals surface area contributed by atoms with Gasteiger partial charge in [0.2, 0.25) is 5.91 Å². The van der Waals surface area contributed by atoms with Gasteiger partial charge in [-0.05, 0) is 72.1 Å². The van der Waals surface area contributed by atoms with E-state index in [1.54, 1.807) is 36.4 Å². The zero-order valence-electron chi connectivity index (χ0n) is 19.0. The number of hydrogen-bond acceptors (Lipinski definition) is 4. The molecule has 1 heterocycles. The van der Waals surface area contributed by atoms with Crippen molar-refractivity contribution in [2.45, 2.75) is 12.8 Å². The van der Waals surface area contributed by atoms with E-state index in [1.165, 1.54) is 31.4 Å². The van der Waals surface area contributed by atoms with Gasteiger partial charge >= 0.3 is 0 Å². The Balaban J connectivity index is 1.38. The molecule has 0 spiro atoms. The third-order valence-corrected chi connectivity index (χ3v) is 5.49. The van der Waals surface area contributed by atoms with Crippen LogP contribution in [0.4, 0.5) is 14.5 Å². The van der Waals surface area contributed by atoms with Crippen LogP contribution < -0.4 is 20.9 Å². The Bertz CT molecular complexity index is 1350. The minimum atomic E-state index is -0.439. The number of anilines is 1. The number of fused-ring (bicyclic) bond motifs is 1. The van der Waals surface area contributed by atoms with Crippen LogP contribution in [-0.2, 0) is 16.0 Å². The number of methoxy groups -OCH3 is 1. The van der Waals surface area contributed by atoms with Crippen LogP contribution >= 0.6 is 0 Å². The van der Waals surface area contributed by atoms with Crippen molar-refractivity contribution >= 4 is 28.4 Å². The fourth-order valence-electron chi connectivity index (χ4n) is 3.79. The number of rotatable bonds is 8. The van der Waals surface area contributed by atoms with Crippen LogP contribution in [0.3, 0.4) is 0 Å². The summed E-state index contributed by atoms with van der Waals surface area (Å²) in [5.74, 6) is -1.02. The van der Waals surface area contributed by atoms with E-state index in [0.29, 0.717) is 33.6 Å². The molecule has 0 aliphatic carbocycles. The molecular formula is C26H24F2N4O3. The van der Waals surface area contributed by atoms with Crippen molar-refractivity contribution in [1.82, 2.24) is 15.8 Å². The molecule has 0 aliphatic rings. The van der Waals surface area contributed by atoms with Gasteiger partial charge < -0.3 is 15.0 Å². The predicted molar refractivity (Wildman–Crippen MR) is 130 cm³/mol. The van der Waals surface area contributed by atoms with Crippen molar-refractivity contribution in [3.05, 3.63) is 83.9 Å². The standard InChI is InChI=1S/C26H24F2N4O3/c1-35-23-5-3-2-4-22(23)29-15-25(34)32-31-24(33)13-11-19-20-14-18(28)10-12-21(20)30-26(19)16-6-8-17(27)9-7-16/h2-10,12,14,29-30H,11,13,15H2,1H3,(H,31,33)(H,32,34). The van der Waals surface area contributed by atoms with Crippen LogP contribution in [0.5, 0.6) is 5.75 Å². The highest BCUT2D eigenvalue weighted by molar-refractivity contribution is 5.92. The normalized spacial score (nSPS) is 10.7. The van der Waals surface area contributed by atoms with Gasteiger partial charge in [0.15, 0.2) is 0 Å². The summed E-state index contributed by atoms with van der Waals surface area (Å²) in [7, 11) is 1.53. The first kappa shape index (κ1) is 23.7. The molecule has 2 amide bonds. The van der Waals surface area contributed by atoms with Crippen LogP contribution in [0.1, 0.15) is 12.0 Å². The van der Waals surface area contributed by atoms with Gasteiger partial charge in [-0.2, -0.15) is 0 Å². The number of halogens is 2. The Labute approximate surface area is 200 Å². The summed E-state index contributed by atoms with van der Waals surface area (Å²) < 4.78 is 32.5. The lowest BCUT2D eigenvalue weighted by molar-refractivity contribution is -0.128. The van der Waals surface area contributed by atoms with Crippen molar-refractivity contribution in [3.8, 4) is 17.0 Å². The summed E-state index contributed by atoms with van der Waals surface area (Å²) in [5, 5.41) is 3.58. The Hall–Kier alpha value is -4.40. The number of aromatic nitrogens is 1. The molecule has 0 fully saturated rings. The molecule has 0 saturated heterocycles. The van der Waals surface area contributed by atoms with E-state index < -0.39 is 17.6 Å². The summed E-state index contributed by atoms with van der Waals surface area (Å²) in [6, 6.07) is 17.4. The molecule has 4 rings (SSSR count). The zero-order chi connectivity index (χ0) is 24.8. The molecule has 3 aromatic carbocycles. The Kier molecular flexibility index (Phi) is 7.25. The Morgan fingerprint density at radius 2 is 1.63 bits per heavy atom. The number of para-hydroxylation sites is 2. The molecule has 0 saturated carbocycles. The first-order chi connectivity index (χ1) is 16.9. The third-order valence-electron chi connectivity index (χ3n) is 5.49. The minimum absolute atomic E-state index is 0.0396. The van der Waals surface area contributed by atoms with Gasteiger partial charge in [-0.1, -0.05) is 12.1 Å². The maximum Gasteiger partial charge on any atom is 0.257 e. The van der Waals surface area contributed by atoms with E-state index in [2.05, 4.69) is 21.2 Å². The molecule has 1 aromatic heterocycles. The van der Waals surface area contributed by atoms with Crippen LogP contribution in [0, 0.1) is 11.6 Å². The van der Waals surface area contributed by atoms with E-state index in [4.69, 9.17) is 4.74 Å². The monoisotopic (exact) mass is 478 g/mol. The van der Waals surface area contributed by atoms with Crippen LogP contribution in [0.2, 0.25) is 0 Å². The second kappa shape index (κ2) is 10.7. The molecule has 0 atom stereocenters. The molecule has 180 valence electrons. The highest BCUT2D eigenvalue weighted by Crippen LogP contribution is 2.32. The number of hydrazine groups is 1. The molecule has 0 radical (unpaired) electrons. The number of carbonyl (C=O) groups excluding carboxylic acids is 2. The fraction of sp³-hybridized carbons (Fsp3) is 0.154. The maximum absolute atomic E-state index is 13.9. The van der Waals surface area contributed by atoms with Crippen LogP contribution in [0.25, 0.3) is 22.2 Å². The molecule has 35 heavy (non-hydrogen) atoms. The van der Waals surface area contributed by atoms with Crippen LogP contribution in [0.15, 0.2) is 66.7 Å². The van der Waals surface area contributed by atoms with E-state index in [9.17, 15) is 18.4 Å². The molecule has 0 unspecified atom stereocenters. The van der Waals surface area contributed by atoms with Gasteiger partial charge in [0.25, 0.3) is 5.91 Å². The number of aromatic amines is 1. The van der Waals surface area contributed by atoms with Crippen molar-refractivity contribution in [2.24, 2.45) is 0 Å². The van der Waals surface area contributed by atoms with Crippen molar-refractivity contribution in [1.29, 1.82) is 0 Å². The number of amides is 2. The SMILES string of the molecule is COc1ccccc1NCC(=O)NNC(=O)CCc1c(-c2ccc(F)cc2)[nH]c2ccc(F)cc12. The number of aryl methyl sites for hydroxylation is 1. The van der Waals surface area contributed by atoms with Gasteiger partial charge in [0.1, 0.15) is 17.4 Å². The summed E-state index contributed by atoms with van der Waals surface area (Å²) in [6.07, 6.45) is 0.315. The second-order valence-corrected chi connectivity index (χ2v) is 7.83. The molecule has 4 N–H and O–H groups in total. The average Bonchev–Trinajstić information content (AvgIpc) is 3.23. The lowest BCUT2D eigenvalue weighted by Crippen LogP contribution is -2.44. The molecule has 7 nitrogen and oxygen atoms in total. The number of carbonyl (C=O) groups is 2. The molecule has 0 bridgehead atoms. The third kappa shape index (κ3) is 5.75. The van der Waals surface area contributed by atoms with E-state index in [0.717, 1.165) is 5.56 Å². The fourth-order valence-corrected chi connectivity index (χ4v) is 3.79. The summed E-state index contributed by atoms with van der Waals surface area (Å²) >= 11 is 0. The number of H-pyrrole nitrogens is 1. The Morgan fingerprint density at radius 3 is 2.40 bits per heavy atom. The maximum atomic E-state index is 13.9. The minimum Gasteiger partial charge on any atom is -0.495 e. The van der Waals surface area contributed by atoms with E-state index in [1.807, 2.05) is 6.07 Å². The number of nitrogens with one attached hydrogen (secondary N) is 4. The second-order valence-electron chi connectivity index (χ2n) is 7.83.